The first-order chi connectivity index (χ1) is 9.74. The topological polar surface area (TPSA) is 62.2 Å². The van der Waals surface area contributed by atoms with Crippen LogP contribution >= 0.6 is 0 Å². The predicted molar refractivity (Wildman–Crippen MR) is 79.7 cm³/mol. The van der Waals surface area contributed by atoms with E-state index in [0.29, 0.717) is 11.4 Å². The molecule has 0 bridgehead atoms. The van der Waals surface area contributed by atoms with E-state index >= 15 is 0 Å². The molecule has 0 spiro atoms. The standard InChI is InChI=1S/C15H13N4O/c1-10-8-13(11(2)20-10)15-14(9-16-19-15)18-17-12-6-4-3-5-7-12/h3-8,17H,1-2H3. The van der Waals surface area contributed by atoms with E-state index in [2.05, 4.69) is 26.9 Å². The maximum Gasteiger partial charge on any atom is 0.145 e. The predicted octanol–water partition coefficient (Wildman–Crippen LogP) is 3.03. The Morgan fingerprint density at radius 1 is 1.20 bits per heavy atom. The third-order valence-corrected chi connectivity index (χ3v) is 2.90. The summed E-state index contributed by atoms with van der Waals surface area (Å²) in [7, 11) is 0. The molecule has 99 valence electrons. The zero-order valence-electron chi connectivity index (χ0n) is 11.2. The molecule has 1 aromatic carbocycles. The summed E-state index contributed by atoms with van der Waals surface area (Å²) in [5.74, 6) is 1.63. The number of aryl methyl sites for hydroxylation is 2. The number of rotatable bonds is 3. The van der Waals surface area contributed by atoms with Crippen LogP contribution in [0.1, 0.15) is 17.1 Å². The van der Waals surface area contributed by atoms with E-state index in [-0.39, 0.29) is 0 Å². The molecule has 1 radical (unpaired) electrons. The van der Waals surface area contributed by atoms with Gasteiger partial charge < -0.3 is 4.42 Å². The van der Waals surface area contributed by atoms with E-state index in [1.54, 1.807) is 0 Å². The highest BCUT2D eigenvalue weighted by Crippen LogP contribution is 2.17. The van der Waals surface area contributed by atoms with Gasteiger partial charge in [0.15, 0.2) is 0 Å². The van der Waals surface area contributed by atoms with Crippen molar-refractivity contribution in [2.24, 2.45) is 15.3 Å². The van der Waals surface area contributed by atoms with Crippen molar-refractivity contribution in [3.05, 3.63) is 53.5 Å². The summed E-state index contributed by atoms with van der Waals surface area (Å²) in [6.07, 6.45) is 2.78. The lowest BCUT2D eigenvalue weighted by Crippen LogP contribution is -2.15. The molecule has 5 nitrogen and oxygen atoms in total. The first-order valence-electron chi connectivity index (χ1n) is 6.24. The number of anilines is 1. The van der Waals surface area contributed by atoms with Crippen LogP contribution in [0.5, 0.6) is 0 Å². The second-order valence-electron chi connectivity index (χ2n) is 4.43. The molecule has 1 N–H and O–H groups in total. The second-order valence-corrected chi connectivity index (χ2v) is 4.43. The number of nitrogens with one attached hydrogen (secondary N) is 1. The molecule has 0 aliphatic carbocycles. The Morgan fingerprint density at radius 2 is 2.00 bits per heavy atom. The number of benzene rings is 1. The Labute approximate surface area is 116 Å². The van der Waals surface area contributed by atoms with Gasteiger partial charge in [-0.25, -0.2) is 0 Å². The van der Waals surface area contributed by atoms with Crippen LogP contribution in [-0.4, -0.2) is 17.6 Å². The summed E-state index contributed by atoms with van der Waals surface area (Å²) in [6, 6.07) is 11.6. The van der Waals surface area contributed by atoms with Crippen molar-refractivity contribution in [1.82, 2.24) is 0 Å². The quantitative estimate of drug-likeness (QED) is 0.867. The van der Waals surface area contributed by atoms with Crippen LogP contribution in [-0.2, 0) is 0 Å². The Bertz CT molecular complexity index is 711. The van der Waals surface area contributed by atoms with E-state index in [0.717, 1.165) is 22.8 Å². The average molecular weight is 265 g/mol. The van der Waals surface area contributed by atoms with Crippen LogP contribution in [0.25, 0.3) is 0 Å². The molecule has 0 saturated carbocycles. The van der Waals surface area contributed by atoms with E-state index < -0.39 is 0 Å². The van der Waals surface area contributed by atoms with Crippen LogP contribution in [0.4, 0.5) is 5.69 Å². The van der Waals surface area contributed by atoms with Crippen LogP contribution in [0.2, 0.25) is 0 Å². The molecule has 1 aliphatic heterocycles. The maximum absolute atomic E-state index is 5.51. The van der Waals surface area contributed by atoms with Crippen molar-refractivity contribution in [2.45, 2.75) is 13.8 Å². The zero-order valence-corrected chi connectivity index (χ0v) is 11.2. The molecule has 0 unspecified atom stereocenters. The van der Waals surface area contributed by atoms with Crippen molar-refractivity contribution in [1.29, 1.82) is 0 Å². The molecule has 5 heteroatoms. The van der Waals surface area contributed by atoms with Crippen molar-refractivity contribution < 1.29 is 4.42 Å². The Kier molecular flexibility index (Phi) is 3.16. The Hall–Kier alpha value is -2.69. The number of furan rings is 1. The molecule has 0 atom stereocenters. The lowest BCUT2D eigenvalue weighted by molar-refractivity contribution is 0.504. The van der Waals surface area contributed by atoms with Gasteiger partial charge in [0.25, 0.3) is 0 Å². The van der Waals surface area contributed by atoms with Gasteiger partial charge in [0.05, 0.1) is 5.69 Å². The van der Waals surface area contributed by atoms with E-state index in [4.69, 9.17) is 4.42 Å². The van der Waals surface area contributed by atoms with Gasteiger partial charge in [0.1, 0.15) is 29.2 Å². The monoisotopic (exact) mass is 265 g/mol. The lowest BCUT2D eigenvalue weighted by atomic mass is 10.1. The smallest absolute Gasteiger partial charge is 0.145 e. The Balaban J connectivity index is 1.85. The number of hydrazone groups is 1. The van der Waals surface area contributed by atoms with Gasteiger partial charge in [0, 0.05) is 5.56 Å². The van der Waals surface area contributed by atoms with Crippen LogP contribution in [0.3, 0.4) is 0 Å². The summed E-state index contributed by atoms with van der Waals surface area (Å²) < 4.78 is 5.51. The molecule has 2 aromatic rings. The highest BCUT2D eigenvalue weighted by Gasteiger charge is 2.20. The summed E-state index contributed by atoms with van der Waals surface area (Å²) >= 11 is 0. The fourth-order valence-corrected chi connectivity index (χ4v) is 1.98. The minimum atomic E-state index is 0.567. The first-order valence-corrected chi connectivity index (χ1v) is 6.24. The summed E-state index contributed by atoms with van der Waals surface area (Å²) in [4.78, 5) is 0. The SMILES string of the molecule is Cc1cc(C2=NN=[C]C2=NNc2ccccc2)c(C)o1. The molecule has 0 fully saturated rings. The van der Waals surface area contributed by atoms with Crippen LogP contribution < -0.4 is 5.43 Å². The number of para-hydroxylation sites is 1. The van der Waals surface area contributed by atoms with Gasteiger partial charge in [-0.05, 0) is 32.0 Å². The van der Waals surface area contributed by atoms with Crippen molar-refractivity contribution in [3.8, 4) is 0 Å². The minimum absolute atomic E-state index is 0.567. The van der Waals surface area contributed by atoms with Gasteiger partial charge in [-0.2, -0.15) is 5.10 Å². The molecule has 0 amide bonds. The van der Waals surface area contributed by atoms with E-state index in [1.165, 1.54) is 0 Å². The largest absolute Gasteiger partial charge is 0.466 e. The third-order valence-electron chi connectivity index (χ3n) is 2.90. The number of hydrogen-bond acceptors (Lipinski definition) is 5. The number of hydrogen-bond donors (Lipinski definition) is 1. The molecule has 1 aromatic heterocycles. The van der Waals surface area contributed by atoms with Crippen LogP contribution in [0, 0.1) is 13.8 Å². The molecule has 1 aliphatic rings. The molecule has 20 heavy (non-hydrogen) atoms. The van der Waals surface area contributed by atoms with Crippen molar-refractivity contribution in [2.75, 3.05) is 5.43 Å². The average Bonchev–Trinajstić information content (AvgIpc) is 3.03. The van der Waals surface area contributed by atoms with E-state index in [1.807, 2.05) is 50.2 Å². The summed E-state index contributed by atoms with van der Waals surface area (Å²) in [5, 5.41) is 12.2. The maximum atomic E-state index is 5.51. The van der Waals surface area contributed by atoms with Gasteiger partial charge >= 0.3 is 0 Å². The van der Waals surface area contributed by atoms with Crippen molar-refractivity contribution >= 4 is 23.3 Å². The second kappa shape index (κ2) is 5.13. The van der Waals surface area contributed by atoms with Crippen molar-refractivity contribution in [3.63, 3.8) is 0 Å². The summed E-state index contributed by atoms with van der Waals surface area (Å²) in [6.45, 7) is 3.79. The molecular weight excluding hydrogens is 252 g/mol. The minimum Gasteiger partial charge on any atom is -0.466 e. The zero-order chi connectivity index (χ0) is 13.9. The number of nitrogens with zero attached hydrogens (tertiary/aromatic N) is 3. The van der Waals surface area contributed by atoms with Gasteiger partial charge in [0.2, 0.25) is 0 Å². The van der Waals surface area contributed by atoms with Gasteiger partial charge in [-0.15, -0.1) is 10.2 Å². The lowest BCUT2D eigenvalue weighted by Gasteiger charge is -2.01. The fraction of sp³-hybridized carbons (Fsp3) is 0.133. The highest BCUT2D eigenvalue weighted by atomic mass is 16.3. The molecule has 0 saturated heterocycles. The van der Waals surface area contributed by atoms with E-state index in [9.17, 15) is 0 Å². The van der Waals surface area contributed by atoms with Gasteiger partial charge in [-0.3, -0.25) is 5.43 Å². The first kappa shape index (κ1) is 12.3. The normalized spacial score (nSPS) is 15.7. The molecular formula is C15H13N4O. The highest BCUT2D eigenvalue weighted by molar-refractivity contribution is 6.67. The summed E-state index contributed by atoms with van der Waals surface area (Å²) in [5.41, 5.74) is 5.99. The Morgan fingerprint density at radius 3 is 2.70 bits per heavy atom. The third kappa shape index (κ3) is 2.38. The fourth-order valence-electron chi connectivity index (χ4n) is 1.98. The van der Waals surface area contributed by atoms with Crippen LogP contribution in [0.15, 0.2) is 56.1 Å². The molecule has 2 heterocycles. The molecule has 3 rings (SSSR count). The van der Waals surface area contributed by atoms with Gasteiger partial charge in [-0.1, -0.05) is 18.2 Å².